The molecule has 2 heterocycles. The number of ether oxygens (including phenoxy) is 1. The van der Waals surface area contributed by atoms with E-state index in [9.17, 15) is 0 Å². The number of nitrogens with two attached hydrogens (primary N) is 1. The van der Waals surface area contributed by atoms with E-state index in [4.69, 9.17) is 4.74 Å². The molecule has 5 heteroatoms. The number of aromatic nitrogens is 2. The number of piperazine rings is 1. The van der Waals surface area contributed by atoms with Crippen molar-refractivity contribution in [3.05, 3.63) is 36.4 Å². The Morgan fingerprint density at radius 1 is 1.05 bits per heavy atom. The van der Waals surface area contributed by atoms with Crippen LogP contribution in [0.2, 0.25) is 0 Å². The number of rotatable bonds is 3. The summed E-state index contributed by atoms with van der Waals surface area (Å²) in [7, 11) is 1.67. The Morgan fingerprint density at radius 3 is 2.55 bits per heavy atom. The summed E-state index contributed by atoms with van der Waals surface area (Å²) in [4.78, 5) is 2.28. The van der Waals surface area contributed by atoms with E-state index in [-0.39, 0.29) is 0 Å². The van der Waals surface area contributed by atoms with E-state index in [0.717, 1.165) is 49.0 Å². The highest BCUT2D eigenvalue weighted by atomic mass is 16.5. The van der Waals surface area contributed by atoms with Gasteiger partial charge in [-0.2, -0.15) is 0 Å². The molecule has 0 atom stereocenters. The SMILES string of the molecule is COc1ccccc1-c1ccc(N2CC[NH2+]CC2)nn1. The van der Waals surface area contributed by atoms with Gasteiger partial charge >= 0.3 is 0 Å². The molecule has 0 spiro atoms. The van der Waals surface area contributed by atoms with E-state index in [2.05, 4.69) is 20.4 Å². The molecule has 0 amide bonds. The van der Waals surface area contributed by atoms with Crippen LogP contribution in [0, 0.1) is 0 Å². The summed E-state index contributed by atoms with van der Waals surface area (Å²) >= 11 is 0. The number of quaternary nitrogens is 1. The minimum atomic E-state index is 0.821. The summed E-state index contributed by atoms with van der Waals surface area (Å²) in [6.45, 7) is 4.30. The van der Waals surface area contributed by atoms with E-state index >= 15 is 0 Å². The number of hydrogen-bond acceptors (Lipinski definition) is 4. The highest BCUT2D eigenvalue weighted by Crippen LogP contribution is 2.28. The van der Waals surface area contributed by atoms with E-state index < -0.39 is 0 Å². The number of methoxy groups -OCH3 is 1. The molecule has 1 aromatic carbocycles. The molecule has 2 aromatic rings. The lowest BCUT2D eigenvalue weighted by molar-refractivity contribution is -0.655. The van der Waals surface area contributed by atoms with Crippen molar-refractivity contribution in [2.24, 2.45) is 0 Å². The molecule has 1 aliphatic rings. The van der Waals surface area contributed by atoms with Crippen molar-refractivity contribution in [3.63, 3.8) is 0 Å². The van der Waals surface area contributed by atoms with Crippen LogP contribution in [0.5, 0.6) is 5.75 Å². The Labute approximate surface area is 118 Å². The first-order chi connectivity index (χ1) is 9.88. The average Bonchev–Trinajstić information content (AvgIpc) is 2.56. The third-order valence-corrected chi connectivity index (χ3v) is 3.56. The Hall–Kier alpha value is -2.14. The summed E-state index contributed by atoms with van der Waals surface area (Å²) in [5, 5.41) is 11.0. The van der Waals surface area contributed by atoms with Crippen molar-refractivity contribution in [1.29, 1.82) is 0 Å². The highest BCUT2D eigenvalue weighted by Gasteiger charge is 2.15. The van der Waals surface area contributed by atoms with Gasteiger partial charge in [-0.05, 0) is 24.3 Å². The van der Waals surface area contributed by atoms with Crippen LogP contribution < -0.4 is 15.0 Å². The molecule has 20 heavy (non-hydrogen) atoms. The zero-order valence-corrected chi connectivity index (χ0v) is 11.6. The fourth-order valence-corrected chi connectivity index (χ4v) is 2.47. The monoisotopic (exact) mass is 271 g/mol. The quantitative estimate of drug-likeness (QED) is 0.885. The highest BCUT2D eigenvalue weighted by molar-refractivity contribution is 5.67. The van der Waals surface area contributed by atoms with Gasteiger partial charge < -0.3 is 15.0 Å². The van der Waals surface area contributed by atoms with Gasteiger partial charge in [0.1, 0.15) is 5.75 Å². The second-order valence-electron chi connectivity index (χ2n) is 4.83. The van der Waals surface area contributed by atoms with Gasteiger partial charge in [0.05, 0.1) is 39.0 Å². The third kappa shape index (κ3) is 2.58. The lowest BCUT2D eigenvalue weighted by atomic mass is 10.1. The van der Waals surface area contributed by atoms with Crippen molar-refractivity contribution < 1.29 is 10.1 Å². The second kappa shape index (κ2) is 5.88. The molecule has 1 aliphatic heterocycles. The van der Waals surface area contributed by atoms with E-state index in [1.807, 2.05) is 36.4 Å². The van der Waals surface area contributed by atoms with Gasteiger partial charge in [0.15, 0.2) is 5.82 Å². The molecule has 0 radical (unpaired) electrons. The van der Waals surface area contributed by atoms with Crippen LogP contribution >= 0.6 is 0 Å². The maximum atomic E-state index is 5.36. The molecular formula is C15H19N4O+. The number of benzene rings is 1. The molecule has 1 fully saturated rings. The number of hydrogen-bond donors (Lipinski definition) is 1. The maximum absolute atomic E-state index is 5.36. The van der Waals surface area contributed by atoms with Gasteiger partial charge in [0.25, 0.3) is 0 Å². The predicted molar refractivity (Wildman–Crippen MR) is 77.9 cm³/mol. The molecule has 0 unspecified atom stereocenters. The number of para-hydroxylation sites is 1. The molecular weight excluding hydrogens is 252 g/mol. The third-order valence-electron chi connectivity index (χ3n) is 3.56. The smallest absolute Gasteiger partial charge is 0.151 e. The first-order valence-electron chi connectivity index (χ1n) is 6.92. The Morgan fingerprint density at radius 2 is 1.85 bits per heavy atom. The molecule has 0 saturated carbocycles. The van der Waals surface area contributed by atoms with Gasteiger partial charge in [-0.15, -0.1) is 10.2 Å². The Kier molecular flexibility index (Phi) is 3.78. The fourth-order valence-electron chi connectivity index (χ4n) is 2.47. The lowest BCUT2D eigenvalue weighted by Crippen LogP contribution is -2.89. The summed E-state index contributed by atoms with van der Waals surface area (Å²) in [6, 6.07) is 11.9. The maximum Gasteiger partial charge on any atom is 0.151 e. The van der Waals surface area contributed by atoms with Gasteiger partial charge in [-0.25, -0.2) is 0 Å². The normalized spacial score (nSPS) is 15.2. The summed E-state index contributed by atoms with van der Waals surface area (Å²) in [5.41, 5.74) is 1.82. The Balaban J connectivity index is 1.85. The van der Waals surface area contributed by atoms with Gasteiger partial charge in [0.2, 0.25) is 0 Å². The van der Waals surface area contributed by atoms with Crippen LogP contribution in [0.25, 0.3) is 11.3 Å². The van der Waals surface area contributed by atoms with Crippen molar-refractivity contribution >= 4 is 5.82 Å². The summed E-state index contributed by atoms with van der Waals surface area (Å²) in [5.74, 6) is 1.78. The van der Waals surface area contributed by atoms with Crippen LogP contribution in [0.1, 0.15) is 0 Å². The minimum absolute atomic E-state index is 0.821. The van der Waals surface area contributed by atoms with Crippen molar-refractivity contribution in [2.75, 3.05) is 38.2 Å². The van der Waals surface area contributed by atoms with Crippen molar-refractivity contribution in [3.8, 4) is 17.0 Å². The fraction of sp³-hybridized carbons (Fsp3) is 0.333. The molecule has 1 aromatic heterocycles. The van der Waals surface area contributed by atoms with Crippen LogP contribution in [0.3, 0.4) is 0 Å². The first kappa shape index (κ1) is 12.9. The summed E-state index contributed by atoms with van der Waals surface area (Å²) < 4.78 is 5.36. The second-order valence-corrected chi connectivity index (χ2v) is 4.83. The van der Waals surface area contributed by atoms with E-state index in [1.54, 1.807) is 7.11 Å². The van der Waals surface area contributed by atoms with Crippen LogP contribution in [0.4, 0.5) is 5.82 Å². The average molecular weight is 271 g/mol. The standard InChI is InChI=1S/C15H18N4O/c1-20-14-5-3-2-4-12(14)13-6-7-15(18-17-13)19-10-8-16-9-11-19/h2-7,16H,8-11H2,1H3/p+1. The molecule has 104 valence electrons. The van der Waals surface area contributed by atoms with Crippen LogP contribution in [-0.2, 0) is 0 Å². The molecule has 0 aliphatic carbocycles. The molecule has 0 bridgehead atoms. The lowest BCUT2D eigenvalue weighted by Gasteiger charge is -2.25. The molecule has 3 rings (SSSR count). The van der Waals surface area contributed by atoms with Crippen LogP contribution in [-0.4, -0.2) is 43.5 Å². The molecule has 5 nitrogen and oxygen atoms in total. The minimum Gasteiger partial charge on any atom is -0.496 e. The van der Waals surface area contributed by atoms with Crippen molar-refractivity contribution in [2.45, 2.75) is 0 Å². The first-order valence-corrected chi connectivity index (χ1v) is 6.92. The number of nitrogens with zero attached hydrogens (tertiary/aromatic N) is 3. The van der Waals surface area contributed by atoms with Gasteiger partial charge in [0, 0.05) is 5.56 Å². The van der Waals surface area contributed by atoms with E-state index in [1.165, 1.54) is 0 Å². The Bertz CT molecular complexity index is 564. The largest absolute Gasteiger partial charge is 0.496 e. The van der Waals surface area contributed by atoms with Crippen LogP contribution in [0.15, 0.2) is 36.4 Å². The number of anilines is 1. The van der Waals surface area contributed by atoms with Gasteiger partial charge in [-0.3, -0.25) is 0 Å². The molecule has 2 N–H and O–H groups in total. The summed E-state index contributed by atoms with van der Waals surface area (Å²) in [6.07, 6.45) is 0. The zero-order chi connectivity index (χ0) is 13.8. The topological polar surface area (TPSA) is 54.9 Å². The predicted octanol–water partition coefficient (Wildman–Crippen LogP) is 0.536. The molecule has 1 saturated heterocycles. The van der Waals surface area contributed by atoms with Crippen molar-refractivity contribution in [1.82, 2.24) is 10.2 Å². The zero-order valence-electron chi connectivity index (χ0n) is 11.6. The van der Waals surface area contributed by atoms with Gasteiger partial charge in [-0.1, -0.05) is 12.1 Å². The van der Waals surface area contributed by atoms with E-state index in [0.29, 0.717) is 0 Å².